The van der Waals surface area contributed by atoms with Gasteiger partial charge in [0.15, 0.2) is 17.5 Å². The molecule has 7 heteroatoms. The fraction of sp³-hybridized carbons (Fsp3) is 0.632. The minimum Gasteiger partial charge on any atom is -0.493 e. The van der Waals surface area contributed by atoms with Crippen LogP contribution in [0.2, 0.25) is 0 Å². The lowest BCUT2D eigenvalue weighted by atomic mass is 9.67. The van der Waals surface area contributed by atoms with E-state index in [1.807, 2.05) is 18.2 Å². The van der Waals surface area contributed by atoms with Gasteiger partial charge in [0.1, 0.15) is 0 Å². The molecule has 0 bridgehead atoms. The van der Waals surface area contributed by atoms with Gasteiger partial charge in [0.05, 0.1) is 14.2 Å². The zero-order valence-electron chi connectivity index (χ0n) is 16.3. The monoisotopic (exact) mass is 477 g/mol. The molecule has 6 nitrogen and oxygen atoms in total. The molecular formula is C19H32IN3O3. The summed E-state index contributed by atoms with van der Waals surface area (Å²) in [5, 5.41) is 6.83. The molecule has 1 aromatic rings. The van der Waals surface area contributed by atoms with Gasteiger partial charge >= 0.3 is 0 Å². The second-order valence-corrected chi connectivity index (χ2v) is 6.57. The first kappa shape index (κ1) is 22.8. The molecule has 0 heterocycles. The standard InChI is InChI=1S/C19H31N3O3.HI/c1-20-18(22-14-19(8-5-9-19)10-11-23-2)21-13-15-6-7-16(24-3)17(12-15)25-4;/h6-7,12H,5,8-11,13-14H2,1-4H3,(H2,20,21,22);1H. The van der Waals surface area contributed by atoms with Crippen LogP contribution >= 0.6 is 24.0 Å². The highest BCUT2D eigenvalue weighted by Crippen LogP contribution is 2.43. The van der Waals surface area contributed by atoms with Crippen LogP contribution in [0.1, 0.15) is 31.2 Å². The summed E-state index contributed by atoms with van der Waals surface area (Å²) in [5.41, 5.74) is 1.47. The maximum Gasteiger partial charge on any atom is 0.191 e. The zero-order chi connectivity index (χ0) is 18.1. The molecule has 0 aromatic heterocycles. The molecule has 0 atom stereocenters. The molecule has 26 heavy (non-hydrogen) atoms. The maximum absolute atomic E-state index is 5.35. The molecule has 0 spiro atoms. The predicted molar refractivity (Wildman–Crippen MR) is 116 cm³/mol. The lowest BCUT2D eigenvalue weighted by Gasteiger charge is -2.42. The molecule has 148 valence electrons. The number of hydrogen-bond acceptors (Lipinski definition) is 4. The van der Waals surface area contributed by atoms with Crippen molar-refractivity contribution in [3.63, 3.8) is 0 Å². The van der Waals surface area contributed by atoms with Crippen molar-refractivity contribution < 1.29 is 14.2 Å². The van der Waals surface area contributed by atoms with Gasteiger partial charge in [-0.2, -0.15) is 0 Å². The van der Waals surface area contributed by atoms with E-state index in [2.05, 4.69) is 15.6 Å². The van der Waals surface area contributed by atoms with E-state index in [-0.39, 0.29) is 24.0 Å². The molecule has 1 saturated carbocycles. The Morgan fingerprint density at radius 1 is 1.12 bits per heavy atom. The van der Waals surface area contributed by atoms with E-state index < -0.39 is 0 Å². The number of aliphatic imine (C=N–C) groups is 1. The van der Waals surface area contributed by atoms with Crippen LogP contribution in [0.5, 0.6) is 11.5 Å². The Bertz CT molecular complexity index is 577. The third kappa shape index (κ3) is 6.19. The summed E-state index contributed by atoms with van der Waals surface area (Å²) in [7, 11) is 6.85. The number of nitrogens with one attached hydrogen (secondary N) is 2. The van der Waals surface area contributed by atoms with E-state index in [1.165, 1.54) is 19.3 Å². The second-order valence-electron chi connectivity index (χ2n) is 6.57. The fourth-order valence-electron chi connectivity index (χ4n) is 3.18. The van der Waals surface area contributed by atoms with Crippen molar-refractivity contribution in [2.45, 2.75) is 32.2 Å². The molecule has 2 N–H and O–H groups in total. The summed E-state index contributed by atoms with van der Waals surface area (Å²) >= 11 is 0. The number of hydrogen-bond donors (Lipinski definition) is 2. The van der Waals surface area contributed by atoms with Crippen LogP contribution < -0.4 is 20.1 Å². The fourth-order valence-corrected chi connectivity index (χ4v) is 3.18. The zero-order valence-corrected chi connectivity index (χ0v) is 18.6. The van der Waals surface area contributed by atoms with Gasteiger partial charge in [-0.05, 0) is 42.4 Å². The molecule has 1 aliphatic carbocycles. The lowest BCUT2D eigenvalue weighted by Crippen LogP contribution is -2.46. The van der Waals surface area contributed by atoms with Gasteiger partial charge in [0.2, 0.25) is 0 Å². The topological polar surface area (TPSA) is 64.1 Å². The first-order valence-electron chi connectivity index (χ1n) is 8.81. The van der Waals surface area contributed by atoms with Crippen LogP contribution in [0.4, 0.5) is 0 Å². The van der Waals surface area contributed by atoms with Gasteiger partial charge in [0, 0.05) is 33.9 Å². The minimum absolute atomic E-state index is 0. The Morgan fingerprint density at radius 2 is 1.85 bits per heavy atom. The largest absolute Gasteiger partial charge is 0.493 e. The van der Waals surface area contributed by atoms with E-state index in [9.17, 15) is 0 Å². The molecule has 0 saturated heterocycles. The summed E-state index contributed by atoms with van der Waals surface area (Å²) in [5.74, 6) is 2.29. The first-order chi connectivity index (χ1) is 12.2. The molecule has 0 aliphatic heterocycles. The minimum atomic E-state index is 0. The predicted octanol–water partition coefficient (Wildman–Crippen LogP) is 3.19. The molecule has 1 aliphatic rings. The summed E-state index contributed by atoms with van der Waals surface area (Å²) in [6.07, 6.45) is 4.93. The summed E-state index contributed by atoms with van der Waals surface area (Å²) < 4.78 is 15.9. The molecular weight excluding hydrogens is 445 g/mol. The van der Waals surface area contributed by atoms with E-state index >= 15 is 0 Å². The van der Waals surface area contributed by atoms with Gasteiger partial charge in [-0.3, -0.25) is 4.99 Å². The molecule has 0 radical (unpaired) electrons. The Labute approximate surface area is 174 Å². The van der Waals surface area contributed by atoms with E-state index in [0.717, 1.165) is 42.6 Å². The van der Waals surface area contributed by atoms with Crippen LogP contribution in [0, 0.1) is 5.41 Å². The summed E-state index contributed by atoms with van der Waals surface area (Å²) in [6.45, 7) is 2.42. The first-order valence-corrected chi connectivity index (χ1v) is 8.81. The highest BCUT2D eigenvalue weighted by Gasteiger charge is 2.36. The van der Waals surface area contributed by atoms with Crippen LogP contribution in [-0.4, -0.2) is 47.5 Å². The van der Waals surface area contributed by atoms with E-state index in [1.54, 1.807) is 28.4 Å². The highest BCUT2D eigenvalue weighted by molar-refractivity contribution is 14.0. The van der Waals surface area contributed by atoms with E-state index in [0.29, 0.717) is 12.0 Å². The number of nitrogens with zero attached hydrogens (tertiary/aromatic N) is 1. The van der Waals surface area contributed by atoms with Gasteiger partial charge in [0.25, 0.3) is 0 Å². The van der Waals surface area contributed by atoms with Gasteiger partial charge in [-0.25, -0.2) is 0 Å². The van der Waals surface area contributed by atoms with Crippen LogP contribution in [0.15, 0.2) is 23.2 Å². The van der Waals surface area contributed by atoms with E-state index in [4.69, 9.17) is 14.2 Å². The average Bonchev–Trinajstić information content (AvgIpc) is 2.62. The van der Waals surface area contributed by atoms with Gasteiger partial charge < -0.3 is 24.8 Å². The van der Waals surface area contributed by atoms with Crippen molar-refractivity contribution in [2.75, 3.05) is 41.5 Å². The molecule has 1 fully saturated rings. The number of methoxy groups -OCH3 is 3. The Balaban J connectivity index is 0.00000338. The Hall–Kier alpha value is -1.22. The Morgan fingerprint density at radius 3 is 2.38 bits per heavy atom. The number of ether oxygens (including phenoxy) is 3. The number of halogens is 1. The SMILES string of the molecule is CN=C(NCc1ccc(OC)c(OC)c1)NCC1(CCOC)CCC1.I. The number of guanidine groups is 1. The summed E-state index contributed by atoms with van der Waals surface area (Å²) in [4.78, 5) is 4.33. The molecule has 0 unspecified atom stereocenters. The Kier molecular flexibility index (Phi) is 10.1. The average molecular weight is 477 g/mol. The van der Waals surface area contributed by atoms with Crippen molar-refractivity contribution in [2.24, 2.45) is 10.4 Å². The molecule has 0 amide bonds. The lowest BCUT2D eigenvalue weighted by molar-refractivity contribution is 0.0732. The molecule has 1 aromatic carbocycles. The number of benzene rings is 1. The van der Waals surface area contributed by atoms with Crippen molar-refractivity contribution in [1.82, 2.24) is 10.6 Å². The van der Waals surface area contributed by atoms with Crippen LogP contribution in [-0.2, 0) is 11.3 Å². The molecule has 2 rings (SSSR count). The third-order valence-corrected chi connectivity index (χ3v) is 5.01. The quantitative estimate of drug-likeness (QED) is 0.325. The summed E-state index contributed by atoms with van der Waals surface area (Å²) in [6, 6.07) is 5.92. The van der Waals surface area contributed by atoms with Crippen molar-refractivity contribution in [1.29, 1.82) is 0 Å². The maximum atomic E-state index is 5.35. The smallest absolute Gasteiger partial charge is 0.191 e. The normalized spacial score (nSPS) is 15.5. The van der Waals surface area contributed by atoms with Crippen molar-refractivity contribution >= 4 is 29.9 Å². The highest BCUT2D eigenvalue weighted by atomic mass is 127. The van der Waals surface area contributed by atoms with Crippen LogP contribution in [0.25, 0.3) is 0 Å². The number of rotatable bonds is 9. The third-order valence-electron chi connectivity index (χ3n) is 5.01. The van der Waals surface area contributed by atoms with Gasteiger partial charge in [-0.15, -0.1) is 24.0 Å². The van der Waals surface area contributed by atoms with Crippen molar-refractivity contribution in [3.05, 3.63) is 23.8 Å². The van der Waals surface area contributed by atoms with Gasteiger partial charge in [-0.1, -0.05) is 12.5 Å². The second kappa shape index (κ2) is 11.5. The van der Waals surface area contributed by atoms with Crippen molar-refractivity contribution in [3.8, 4) is 11.5 Å². The van der Waals surface area contributed by atoms with Crippen LogP contribution in [0.3, 0.4) is 0 Å².